The van der Waals surface area contributed by atoms with E-state index in [1.807, 2.05) is 16.8 Å². The summed E-state index contributed by atoms with van der Waals surface area (Å²) < 4.78 is -1.52. The lowest BCUT2D eigenvalue weighted by Gasteiger charge is -2.29. The van der Waals surface area contributed by atoms with Gasteiger partial charge < -0.3 is 5.32 Å². The molecule has 1 fully saturated rings. The number of carbonyl (C=O) groups excluding carboxylic acids is 1. The molecule has 0 aromatic carbocycles. The van der Waals surface area contributed by atoms with E-state index in [1.54, 1.807) is 6.07 Å². The molecule has 0 bridgehead atoms. The van der Waals surface area contributed by atoms with E-state index in [0.717, 1.165) is 12.8 Å². The van der Waals surface area contributed by atoms with Crippen molar-refractivity contribution < 1.29 is 10.1 Å². The van der Waals surface area contributed by atoms with Gasteiger partial charge in [0.05, 0.1) is 10.9 Å². The van der Waals surface area contributed by atoms with Gasteiger partial charge in [-0.3, -0.25) is 10.1 Å². The Bertz CT molecular complexity index is 427. The Labute approximate surface area is 138 Å². The highest BCUT2D eigenvalue weighted by Crippen LogP contribution is 2.28. The average molecular weight is 357 g/mol. The van der Waals surface area contributed by atoms with Crippen LogP contribution in [0.15, 0.2) is 17.5 Å². The predicted molar refractivity (Wildman–Crippen MR) is 84.7 cm³/mol. The lowest BCUT2D eigenvalue weighted by Crippen LogP contribution is -3.00. The van der Waals surface area contributed by atoms with E-state index < -0.39 is 9.96 Å². The summed E-state index contributed by atoms with van der Waals surface area (Å²) in [6.45, 7) is 0. The van der Waals surface area contributed by atoms with Crippen LogP contribution in [0.4, 0.5) is 0 Å². The lowest BCUT2D eigenvalue weighted by atomic mass is 9.95. The molecule has 0 radical (unpaired) electrons. The van der Waals surface area contributed by atoms with Crippen molar-refractivity contribution in [3.63, 3.8) is 0 Å². The van der Waals surface area contributed by atoms with Gasteiger partial charge in [-0.2, -0.15) is 0 Å². The van der Waals surface area contributed by atoms with Crippen LogP contribution in [0.5, 0.6) is 0 Å². The summed E-state index contributed by atoms with van der Waals surface area (Å²) in [5.74, 6) is -0.191. The Kier molecular flexibility index (Phi) is 5.99. The monoisotopic (exact) mass is 355 g/mol. The van der Waals surface area contributed by atoms with E-state index in [2.05, 4.69) is 5.32 Å². The van der Waals surface area contributed by atoms with Crippen LogP contribution in [-0.4, -0.2) is 21.9 Å². The van der Waals surface area contributed by atoms with Crippen molar-refractivity contribution in [2.24, 2.45) is 0 Å². The van der Waals surface area contributed by atoms with E-state index in [4.69, 9.17) is 34.8 Å². The smallest absolute Gasteiger partial charge is 0.265 e. The number of nitrogens with one attached hydrogen (secondary N) is 1. The van der Waals surface area contributed by atoms with Crippen molar-refractivity contribution in [1.82, 2.24) is 5.32 Å². The third kappa shape index (κ3) is 4.78. The highest BCUT2D eigenvalue weighted by molar-refractivity contribution is 7.12. The zero-order chi connectivity index (χ0) is 14.6. The quantitative estimate of drug-likeness (QED) is 0.632. The minimum absolute atomic E-state index is 0.191. The van der Waals surface area contributed by atoms with Crippen molar-refractivity contribution >= 4 is 52.0 Å². The van der Waals surface area contributed by atoms with Crippen LogP contribution in [0.25, 0.3) is 0 Å². The maximum atomic E-state index is 12.1. The molecular weight excluding hydrogens is 339 g/mol. The summed E-state index contributed by atoms with van der Waals surface area (Å²) in [4.78, 5) is 12.7. The average Bonchev–Trinajstić information content (AvgIpc) is 2.92. The molecule has 3 nitrogen and oxygen atoms in total. The number of hydrogen-bond acceptors (Lipinski definition) is 2. The summed E-state index contributed by atoms with van der Waals surface area (Å²) in [6.07, 6.45) is 5.31. The number of carbonyl (C=O) groups is 1. The number of hydrogen-bond donors (Lipinski definition) is 2. The fraction of sp³-hybridized carbons (Fsp3) is 0.615. The van der Waals surface area contributed by atoms with Gasteiger partial charge in [-0.1, -0.05) is 47.3 Å². The van der Waals surface area contributed by atoms with E-state index in [9.17, 15) is 4.79 Å². The zero-order valence-electron chi connectivity index (χ0n) is 11.0. The zero-order valence-corrected chi connectivity index (χ0v) is 14.0. The Morgan fingerprint density at radius 3 is 2.60 bits per heavy atom. The maximum absolute atomic E-state index is 12.1. The molecule has 1 amide bonds. The number of alkyl halides is 3. The van der Waals surface area contributed by atoms with Crippen molar-refractivity contribution in [3.8, 4) is 0 Å². The lowest BCUT2D eigenvalue weighted by molar-refractivity contribution is -0.726. The number of quaternary nitrogens is 1. The number of thiophene rings is 1. The minimum atomic E-state index is -1.52. The molecule has 1 saturated carbocycles. The topological polar surface area (TPSA) is 45.7 Å². The number of halogens is 3. The van der Waals surface area contributed by atoms with Crippen molar-refractivity contribution in [2.75, 3.05) is 0 Å². The summed E-state index contributed by atoms with van der Waals surface area (Å²) in [6, 6.07) is 4.00. The first-order chi connectivity index (χ1) is 9.47. The van der Waals surface area contributed by atoms with Crippen LogP contribution in [-0.2, 0) is 0 Å². The second-order valence-electron chi connectivity index (χ2n) is 5.06. The van der Waals surface area contributed by atoms with Gasteiger partial charge in [0.2, 0.25) is 6.17 Å². The van der Waals surface area contributed by atoms with Gasteiger partial charge in [-0.05, 0) is 37.1 Å². The largest absolute Gasteiger partial charge is 0.321 e. The summed E-state index contributed by atoms with van der Waals surface area (Å²) in [5.41, 5.74) is 0. The Morgan fingerprint density at radius 1 is 1.35 bits per heavy atom. The first-order valence-corrected chi connectivity index (χ1v) is 8.74. The van der Waals surface area contributed by atoms with E-state index >= 15 is 0 Å². The van der Waals surface area contributed by atoms with Gasteiger partial charge in [0.25, 0.3) is 9.70 Å². The van der Waals surface area contributed by atoms with Crippen LogP contribution >= 0.6 is 46.1 Å². The molecule has 0 spiro atoms. The van der Waals surface area contributed by atoms with Gasteiger partial charge in [0.1, 0.15) is 0 Å². The molecule has 1 aliphatic carbocycles. The van der Waals surface area contributed by atoms with Crippen molar-refractivity contribution in [1.29, 1.82) is 0 Å². The fourth-order valence-corrected chi connectivity index (χ4v) is 3.47. The molecule has 3 N–H and O–H groups in total. The molecule has 2 rings (SSSR count). The third-order valence-electron chi connectivity index (χ3n) is 3.50. The van der Waals surface area contributed by atoms with E-state index in [-0.39, 0.29) is 5.91 Å². The van der Waals surface area contributed by atoms with Gasteiger partial charge in [0.15, 0.2) is 0 Å². The van der Waals surface area contributed by atoms with Gasteiger partial charge in [-0.25, -0.2) is 0 Å². The number of amides is 1. The standard InChI is InChI=1S/C13H17Cl3N2OS/c14-13(15,16)12(17-9-5-2-1-3-6-9)18-11(19)10-7-4-8-20-10/h4,7-9,12,17H,1-3,5-6H2,(H,18,19)/p+1/t12-/m0/s1. The highest BCUT2D eigenvalue weighted by atomic mass is 35.6. The van der Waals surface area contributed by atoms with Crippen molar-refractivity contribution in [3.05, 3.63) is 22.4 Å². The third-order valence-corrected chi connectivity index (χ3v) is 5.07. The Morgan fingerprint density at radius 2 is 2.05 bits per heavy atom. The second kappa shape index (κ2) is 7.32. The molecular formula is C13H18Cl3N2OS+. The molecule has 20 heavy (non-hydrogen) atoms. The van der Waals surface area contributed by atoms with Crippen LogP contribution in [0, 0.1) is 0 Å². The van der Waals surface area contributed by atoms with E-state index in [0.29, 0.717) is 10.9 Å². The van der Waals surface area contributed by atoms with Crippen molar-refractivity contribution in [2.45, 2.75) is 48.1 Å². The molecule has 0 aliphatic heterocycles. The maximum Gasteiger partial charge on any atom is 0.265 e. The Balaban J connectivity index is 1.98. The Hall–Kier alpha value is -0.000000000000000139. The SMILES string of the molecule is O=C(N[C@H]([NH2+]C1CCCCC1)C(Cl)(Cl)Cl)c1cccs1. The molecule has 1 atom stereocenters. The molecule has 1 aromatic heterocycles. The molecule has 1 aromatic rings. The summed E-state index contributed by atoms with van der Waals surface area (Å²) in [5, 5.41) is 6.68. The van der Waals surface area contributed by atoms with Crippen LogP contribution in [0.3, 0.4) is 0 Å². The molecule has 1 heterocycles. The second-order valence-corrected chi connectivity index (χ2v) is 8.38. The van der Waals surface area contributed by atoms with Crippen LogP contribution < -0.4 is 10.6 Å². The van der Waals surface area contributed by atoms with Gasteiger partial charge in [-0.15, -0.1) is 11.3 Å². The van der Waals surface area contributed by atoms with Gasteiger partial charge in [0, 0.05) is 0 Å². The number of nitrogens with two attached hydrogens (primary N) is 1. The first-order valence-electron chi connectivity index (χ1n) is 6.73. The minimum Gasteiger partial charge on any atom is -0.321 e. The van der Waals surface area contributed by atoms with Gasteiger partial charge >= 0.3 is 0 Å². The highest BCUT2D eigenvalue weighted by Gasteiger charge is 2.39. The summed E-state index contributed by atoms with van der Waals surface area (Å²) in [7, 11) is 0. The predicted octanol–water partition coefficient (Wildman–Crippen LogP) is 3.07. The normalized spacial score (nSPS) is 18.8. The fourth-order valence-electron chi connectivity index (χ4n) is 2.46. The van der Waals surface area contributed by atoms with Crippen LogP contribution in [0.2, 0.25) is 0 Å². The molecule has 7 heteroatoms. The molecule has 112 valence electrons. The molecule has 1 aliphatic rings. The van der Waals surface area contributed by atoms with Crippen LogP contribution in [0.1, 0.15) is 41.8 Å². The molecule has 0 unspecified atom stereocenters. The van der Waals surface area contributed by atoms with E-state index in [1.165, 1.54) is 30.6 Å². The first kappa shape index (κ1) is 16.4. The molecule has 0 saturated heterocycles. The number of rotatable bonds is 4. The summed E-state index contributed by atoms with van der Waals surface area (Å²) >= 11 is 19.4.